The first-order valence-corrected chi connectivity index (χ1v) is 16.2. The Bertz CT molecular complexity index is 1300. The fraction of sp³-hybridized carbons (Fsp3) is 0.568. The van der Waals surface area contributed by atoms with Crippen LogP contribution in [0.3, 0.4) is 0 Å². The lowest BCUT2D eigenvalue weighted by Gasteiger charge is -2.39. The van der Waals surface area contributed by atoms with Gasteiger partial charge in [-0.15, -0.1) is 0 Å². The van der Waals surface area contributed by atoms with Gasteiger partial charge in [-0.25, -0.2) is 9.59 Å². The SMILES string of the molecule is Cc1ccc(C(C(=O)NC(Cc2ccccc2)C(=O)OC(C)(C)C)N(C(=O)C(C)NC(=O)OC(C)(C)C)C(C)CCC(C)C)cc1. The molecule has 0 aromatic heterocycles. The van der Waals surface area contributed by atoms with Crippen molar-refractivity contribution >= 4 is 23.9 Å². The topological polar surface area (TPSA) is 114 Å². The van der Waals surface area contributed by atoms with Crippen LogP contribution in [0, 0.1) is 12.8 Å². The van der Waals surface area contributed by atoms with E-state index in [0.717, 1.165) is 17.5 Å². The molecular formula is C37H55N3O6. The van der Waals surface area contributed by atoms with Gasteiger partial charge in [-0.1, -0.05) is 74.0 Å². The molecule has 254 valence electrons. The predicted molar refractivity (Wildman–Crippen MR) is 181 cm³/mol. The van der Waals surface area contributed by atoms with Crippen molar-refractivity contribution in [2.24, 2.45) is 5.92 Å². The lowest BCUT2D eigenvalue weighted by atomic mass is 9.96. The van der Waals surface area contributed by atoms with Crippen molar-refractivity contribution in [3.63, 3.8) is 0 Å². The minimum Gasteiger partial charge on any atom is -0.458 e. The van der Waals surface area contributed by atoms with Gasteiger partial charge in [0.1, 0.15) is 29.3 Å². The fourth-order valence-corrected chi connectivity index (χ4v) is 4.94. The summed E-state index contributed by atoms with van der Waals surface area (Å²) in [5, 5.41) is 5.60. The van der Waals surface area contributed by atoms with Crippen LogP contribution in [0.1, 0.15) is 105 Å². The summed E-state index contributed by atoms with van der Waals surface area (Å²) < 4.78 is 11.1. The molecule has 4 atom stereocenters. The van der Waals surface area contributed by atoms with E-state index in [0.29, 0.717) is 17.9 Å². The average molecular weight is 638 g/mol. The van der Waals surface area contributed by atoms with Crippen molar-refractivity contribution in [1.82, 2.24) is 15.5 Å². The zero-order valence-electron chi connectivity index (χ0n) is 29.6. The molecule has 0 heterocycles. The molecule has 9 nitrogen and oxygen atoms in total. The molecule has 3 amide bonds. The highest BCUT2D eigenvalue weighted by Gasteiger charge is 2.39. The second-order valence-corrected chi connectivity index (χ2v) is 14.5. The van der Waals surface area contributed by atoms with Crippen LogP contribution in [0.2, 0.25) is 0 Å². The molecule has 2 aromatic carbocycles. The Labute approximate surface area is 275 Å². The Morgan fingerprint density at radius 3 is 1.85 bits per heavy atom. The standard InChI is InChI=1S/C37H55N3O6/c1-24(2)17-20-26(4)40(33(42)27(5)38-35(44)46-37(9,10)11)31(29-21-18-25(3)19-22-29)32(41)39-30(34(43)45-36(6,7)8)23-28-15-13-12-14-16-28/h12-16,18-19,21-22,24,26-27,30-31H,17,20,23H2,1-11H3,(H,38,44)(H,39,41). The third-order valence-corrected chi connectivity index (χ3v) is 7.20. The smallest absolute Gasteiger partial charge is 0.408 e. The van der Waals surface area contributed by atoms with Crippen LogP contribution in [0.5, 0.6) is 0 Å². The summed E-state index contributed by atoms with van der Waals surface area (Å²) >= 11 is 0. The highest BCUT2D eigenvalue weighted by atomic mass is 16.6. The van der Waals surface area contributed by atoms with Crippen LogP contribution in [-0.2, 0) is 30.3 Å². The van der Waals surface area contributed by atoms with Crippen molar-refractivity contribution in [3.05, 3.63) is 71.3 Å². The third-order valence-electron chi connectivity index (χ3n) is 7.20. The first kappa shape index (κ1) is 38.3. The van der Waals surface area contributed by atoms with Gasteiger partial charge >= 0.3 is 12.1 Å². The average Bonchev–Trinajstić information content (AvgIpc) is 2.93. The van der Waals surface area contributed by atoms with E-state index in [-0.39, 0.29) is 12.5 Å². The fourth-order valence-electron chi connectivity index (χ4n) is 4.94. The summed E-state index contributed by atoms with van der Waals surface area (Å²) in [5.41, 5.74) is 0.892. The minimum absolute atomic E-state index is 0.204. The van der Waals surface area contributed by atoms with Crippen LogP contribution in [-0.4, -0.2) is 58.1 Å². The molecule has 0 aliphatic heterocycles. The van der Waals surface area contributed by atoms with E-state index in [1.165, 1.54) is 0 Å². The van der Waals surface area contributed by atoms with Gasteiger partial charge < -0.3 is 25.0 Å². The second kappa shape index (κ2) is 16.6. The predicted octanol–water partition coefficient (Wildman–Crippen LogP) is 6.67. The van der Waals surface area contributed by atoms with Crippen LogP contribution < -0.4 is 10.6 Å². The summed E-state index contributed by atoms with van der Waals surface area (Å²) in [5.74, 6) is -1.17. The number of amides is 3. The van der Waals surface area contributed by atoms with Crippen molar-refractivity contribution in [2.45, 2.75) is 131 Å². The van der Waals surface area contributed by atoms with Crippen LogP contribution >= 0.6 is 0 Å². The summed E-state index contributed by atoms with van der Waals surface area (Å²) in [6, 6.07) is 13.3. The number of carbonyl (C=O) groups excluding carboxylic acids is 4. The number of benzene rings is 2. The van der Waals surface area contributed by atoms with Crippen LogP contribution in [0.25, 0.3) is 0 Å². The molecule has 2 N–H and O–H groups in total. The zero-order valence-corrected chi connectivity index (χ0v) is 29.6. The van der Waals surface area contributed by atoms with Gasteiger partial charge in [0.2, 0.25) is 11.8 Å². The van der Waals surface area contributed by atoms with Gasteiger partial charge in [-0.3, -0.25) is 9.59 Å². The summed E-state index contributed by atoms with van der Waals surface area (Å²) in [6.45, 7) is 20.2. The lowest BCUT2D eigenvalue weighted by Crippen LogP contribution is -2.56. The summed E-state index contributed by atoms with van der Waals surface area (Å²) in [6.07, 6.45) is 0.912. The van der Waals surface area contributed by atoms with Crippen LogP contribution in [0.4, 0.5) is 4.79 Å². The summed E-state index contributed by atoms with van der Waals surface area (Å²) in [7, 11) is 0. The Morgan fingerprint density at radius 2 is 1.33 bits per heavy atom. The zero-order chi connectivity index (χ0) is 34.8. The Hall–Kier alpha value is -3.88. The Kier molecular flexibility index (Phi) is 13.8. The molecule has 4 unspecified atom stereocenters. The molecule has 9 heteroatoms. The number of rotatable bonds is 13. The summed E-state index contributed by atoms with van der Waals surface area (Å²) in [4.78, 5) is 56.5. The van der Waals surface area contributed by atoms with E-state index in [2.05, 4.69) is 24.5 Å². The molecule has 0 saturated heterocycles. The number of hydrogen-bond acceptors (Lipinski definition) is 6. The van der Waals surface area contributed by atoms with Crippen molar-refractivity contribution in [3.8, 4) is 0 Å². The van der Waals surface area contributed by atoms with E-state index in [4.69, 9.17) is 9.47 Å². The van der Waals surface area contributed by atoms with Crippen LogP contribution in [0.15, 0.2) is 54.6 Å². The van der Waals surface area contributed by atoms with E-state index in [1.807, 2.05) is 68.4 Å². The van der Waals surface area contributed by atoms with Gasteiger partial charge in [0.05, 0.1) is 0 Å². The highest BCUT2D eigenvalue weighted by molar-refractivity contribution is 5.94. The van der Waals surface area contributed by atoms with Crippen molar-refractivity contribution in [1.29, 1.82) is 0 Å². The van der Waals surface area contributed by atoms with Gasteiger partial charge in [0.15, 0.2) is 0 Å². The maximum atomic E-state index is 14.5. The molecule has 0 saturated carbocycles. The number of carbonyl (C=O) groups is 4. The Morgan fingerprint density at radius 1 is 0.761 bits per heavy atom. The van der Waals surface area contributed by atoms with E-state index >= 15 is 0 Å². The largest absolute Gasteiger partial charge is 0.458 e. The number of ether oxygens (including phenoxy) is 2. The number of alkyl carbamates (subject to hydrolysis) is 1. The van der Waals surface area contributed by atoms with E-state index in [9.17, 15) is 19.2 Å². The highest BCUT2D eigenvalue weighted by Crippen LogP contribution is 2.28. The molecule has 0 bridgehead atoms. The van der Waals surface area contributed by atoms with Crippen molar-refractivity contribution < 1.29 is 28.7 Å². The molecule has 0 radical (unpaired) electrons. The van der Waals surface area contributed by atoms with Gasteiger partial charge in [0, 0.05) is 12.5 Å². The molecule has 0 spiro atoms. The first-order valence-electron chi connectivity index (χ1n) is 16.2. The monoisotopic (exact) mass is 637 g/mol. The van der Waals surface area contributed by atoms with E-state index < -0.39 is 53.2 Å². The lowest BCUT2D eigenvalue weighted by molar-refractivity contribution is -0.159. The number of aryl methyl sites for hydroxylation is 1. The normalized spacial score (nSPS) is 14.4. The Balaban J connectivity index is 2.60. The first-order chi connectivity index (χ1) is 21.3. The van der Waals surface area contributed by atoms with E-state index in [1.54, 1.807) is 53.4 Å². The molecule has 0 fully saturated rings. The number of nitrogens with zero attached hydrogens (tertiary/aromatic N) is 1. The number of esters is 1. The third kappa shape index (κ3) is 12.9. The van der Waals surface area contributed by atoms with Gasteiger partial charge in [-0.05, 0) is 92.2 Å². The second-order valence-electron chi connectivity index (χ2n) is 14.5. The van der Waals surface area contributed by atoms with Gasteiger partial charge in [-0.2, -0.15) is 0 Å². The molecule has 0 aliphatic rings. The number of hydrogen-bond donors (Lipinski definition) is 2. The molecule has 2 rings (SSSR count). The van der Waals surface area contributed by atoms with Crippen molar-refractivity contribution in [2.75, 3.05) is 0 Å². The number of nitrogens with one attached hydrogen (secondary N) is 2. The van der Waals surface area contributed by atoms with Gasteiger partial charge in [0.25, 0.3) is 0 Å². The maximum absolute atomic E-state index is 14.5. The molecular weight excluding hydrogens is 582 g/mol. The maximum Gasteiger partial charge on any atom is 0.408 e. The minimum atomic E-state index is -1.10. The quantitative estimate of drug-likeness (QED) is 0.237. The molecule has 2 aromatic rings. The molecule has 0 aliphatic carbocycles. The molecule has 46 heavy (non-hydrogen) atoms.